The molecule has 2 aromatic carbocycles. The summed E-state index contributed by atoms with van der Waals surface area (Å²) in [5.74, 6) is -1.06. The van der Waals surface area contributed by atoms with Crippen molar-refractivity contribution in [2.75, 3.05) is 0 Å². The minimum Gasteiger partial charge on any atom is -0.335 e. The highest BCUT2D eigenvalue weighted by atomic mass is 127. The Hall–Kier alpha value is -1.89. The fraction of sp³-hybridized carbons (Fsp3) is 0. The number of halogens is 1. The zero-order chi connectivity index (χ0) is 13.7. The molecule has 0 saturated carbocycles. The summed E-state index contributed by atoms with van der Waals surface area (Å²) in [6.45, 7) is 0. The van der Waals surface area contributed by atoms with Gasteiger partial charge in [0.05, 0.1) is 5.56 Å². The zero-order valence-electron chi connectivity index (χ0n) is 9.80. The molecule has 2 rings (SSSR count). The van der Waals surface area contributed by atoms with Crippen molar-refractivity contribution in [3.05, 3.63) is 69.3 Å². The van der Waals surface area contributed by atoms with Crippen molar-refractivity contribution in [2.45, 2.75) is 0 Å². The SMILES string of the molecule is O=C(NOC(=O)c1ccccc1)c1ccc(I)cc1. The van der Waals surface area contributed by atoms with Crippen LogP contribution in [0, 0.1) is 3.57 Å². The first-order valence-corrected chi connectivity index (χ1v) is 6.57. The second-order valence-electron chi connectivity index (χ2n) is 3.69. The maximum atomic E-state index is 11.7. The summed E-state index contributed by atoms with van der Waals surface area (Å²) >= 11 is 2.14. The number of hydrogen-bond acceptors (Lipinski definition) is 3. The summed E-state index contributed by atoms with van der Waals surface area (Å²) in [4.78, 5) is 28.0. The molecule has 5 heteroatoms. The van der Waals surface area contributed by atoms with Gasteiger partial charge in [0.25, 0.3) is 5.91 Å². The fourth-order valence-corrected chi connectivity index (χ4v) is 1.75. The fourth-order valence-electron chi connectivity index (χ4n) is 1.39. The number of amides is 1. The second-order valence-corrected chi connectivity index (χ2v) is 4.94. The molecule has 0 aromatic heterocycles. The van der Waals surface area contributed by atoms with Gasteiger partial charge >= 0.3 is 5.97 Å². The van der Waals surface area contributed by atoms with E-state index in [1.165, 1.54) is 0 Å². The number of carbonyl (C=O) groups is 2. The van der Waals surface area contributed by atoms with Crippen molar-refractivity contribution in [3.8, 4) is 0 Å². The molecular formula is C14H10INO3. The van der Waals surface area contributed by atoms with E-state index in [0.717, 1.165) is 3.57 Å². The molecule has 0 unspecified atom stereocenters. The van der Waals surface area contributed by atoms with E-state index in [-0.39, 0.29) is 0 Å². The molecule has 96 valence electrons. The van der Waals surface area contributed by atoms with Gasteiger partial charge in [-0.2, -0.15) is 5.48 Å². The van der Waals surface area contributed by atoms with Gasteiger partial charge in [0.2, 0.25) is 0 Å². The van der Waals surface area contributed by atoms with Crippen molar-refractivity contribution < 1.29 is 14.4 Å². The van der Waals surface area contributed by atoms with E-state index < -0.39 is 11.9 Å². The third-order valence-corrected chi connectivity index (χ3v) is 3.07. The maximum absolute atomic E-state index is 11.7. The normalized spacial score (nSPS) is 9.74. The highest BCUT2D eigenvalue weighted by Gasteiger charge is 2.10. The molecule has 0 fully saturated rings. The van der Waals surface area contributed by atoms with Crippen molar-refractivity contribution in [1.29, 1.82) is 0 Å². The minimum atomic E-state index is -0.598. The van der Waals surface area contributed by atoms with Crippen LogP contribution >= 0.6 is 22.6 Å². The quantitative estimate of drug-likeness (QED) is 0.656. The largest absolute Gasteiger partial charge is 0.362 e. The Morgan fingerprint density at radius 1 is 0.895 bits per heavy atom. The van der Waals surface area contributed by atoms with E-state index in [2.05, 4.69) is 28.1 Å². The standard InChI is InChI=1S/C14H10INO3/c15-12-8-6-10(7-9-12)13(17)16-19-14(18)11-4-2-1-3-5-11/h1-9H,(H,16,17). The summed E-state index contributed by atoms with van der Waals surface area (Å²) < 4.78 is 1.02. The highest BCUT2D eigenvalue weighted by Crippen LogP contribution is 2.07. The lowest BCUT2D eigenvalue weighted by Crippen LogP contribution is -2.27. The molecule has 4 nitrogen and oxygen atoms in total. The van der Waals surface area contributed by atoms with Gasteiger partial charge in [-0.3, -0.25) is 4.79 Å². The molecule has 0 bridgehead atoms. The second kappa shape index (κ2) is 6.33. The summed E-state index contributed by atoms with van der Waals surface area (Å²) in [7, 11) is 0. The highest BCUT2D eigenvalue weighted by molar-refractivity contribution is 14.1. The number of hydrogen-bond donors (Lipinski definition) is 1. The number of carbonyl (C=O) groups excluding carboxylic acids is 2. The maximum Gasteiger partial charge on any atom is 0.362 e. The molecular weight excluding hydrogens is 357 g/mol. The summed E-state index contributed by atoms with van der Waals surface area (Å²) in [5.41, 5.74) is 2.94. The first kappa shape index (κ1) is 13.5. The smallest absolute Gasteiger partial charge is 0.335 e. The summed E-state index contributed by atoms with van der Waals surface area (Å²) in [6, 6.07) is 15.4. The van der Waals surface area contributed by atoms with Crippen LogP contribution in [0.1, 0.15) is 20.7 Å². The molecule has 0 spiro atoms. The number of hydroxylamine groups is 1. The van der Waals surface area contributed by atoms with Crippen LogP contribution in [0.15, 0.2) is 54.6 Å². The van der Waals surface area contributed by atoms with Gasteiger partial charge in [-0.1, -0.05) is 18.2 Å². The van der Waals surface area contributed by atoms with Crippen LogP contribution in [0.5, 0.6) is 0 Å². The summed E-state index contributed by atoms with van der Waals surface area (Å²) in [5, 5.41) is 0. The van der Waals surface area contributed by atoms with E-state index >= 15 is 0 Å². The summed E-state index contributed by atoms with van der Waals surface area (Å²) in [6.07, 6.45) is 0. The van der Waals surface area contributed by atoms with Gasteiger partial charge in [0.1, 0.15) is 0 Å². The van der Waals surface area contributed by atoms with Crippen molar-refractivity contribution in [2.24, 2.45) is 0 Å². The molecule has 0 aliphatic rings. The van der Waals surface area contributed by atoms with E-state index in [1.54, 1.807) is 54.6 Å². The average Bonchev–Trinajstić information content (AvgIpc) is 2.46. The van der Waals surface area contributed by atoms with Gasteiger partial charge in [0, 0.05) is 9.13 Å². The molecule has 0 atom stereocenters. The Bertz CT molecular complexity index is 581. The van der Waals surface area contributed by atoms with Crippen LogP contribution in [0.4, 0.5) is 0 Å². The Kier molecular flexibility index (Phi) is 4.51. The molecule has 1 N–H and O–H groups in total. The Morgan fingerprint density at radius 3 is 2.16 bits per heavy atom. The molecule has 0 aliphatic carbocycles. The third-order valence-electron chi connectivity index (χ3n) is 2.35. The lowest BCUT2D eigenvalue weighted by molar-refractivity contribution is 0.0230. The van der Waals surface area contributed by atoms with E-state index in [4.69, 9.17) is 4.84 Å². The van der Waals surface area contributed by atoms with Crippen LogP contribution in [0.3, 0.4) is 0 Å². The third kappa shape index (κ3) is 3.78. The van der Waals surface area contributed by atoms with Crippen LogP contribution in [-0.2, 0) is 4.84 Å². The van der Waals surface area contributed by atoms with Crippen molar-refractivity contribution in [1.82, 2.24) is 5.48 Å². The zero-order valence-corrected chi connectivity index (χ0v) is 12.0. The van der Waals surface area contributed by atoms with Crippen LogP contribution < -0.4 is 5.48 Å². The lowest BCUT2D eigenvalue weighted by atomic mass is 10.2. The van der Waals surface area contributed by atoms with E-state index in [1.807, 2.05) is 0 Å². The van der Waals surface area contributed by atoms with Gasteiger partial charge < -0.3 is 4.84 Å². The van der Waals surface area contributed by atoms with Gasteiger partial charge in [0.15, 0.2) is 0 Å². The van der Waals surface area contributed by atoms with Gasteiger partial charge in [-0.25, -0.2) is 4.79 Å². The molecule has 1 amide bonds. The topological polar surface area (TPSA) is 55.4 Å². The Morgan fingerprint density at radius 2 is 1.53 bits per heavy atom. The van der Waals surface area contributed by atoms with Crippen LogP contribution in [-0.4, -0.2) is 11.9 Å². The van der Waals surface area contributed by atoms with Crippen LogP contribution in [0.2, 0.25) is 0 Å². The monoisotopic (exact) mass is 367 g/mol. The predicted molar refractivity (Wildman–Crippen MR) is 78.5 cm³/mol. The molecule has 0 radical (unpaired) electrons. The number of nitrogens with one attached hydrogen (secondary N) is 1. The van der Waals surface area contributed by atoms with Crippen molar-refractivity contribution >= 4 is 34.5 Å². The molecule has 2 aromatic rings. The Balaban J connectivity index is 1.94. The first-order chi connectivity index (χ1) is 9.16. The molecule has 0 saturated heterocycles. The lowest BCUT2D eigenvalue weighted by Gasteiger charge is -2.05. The van der Waals surface area contributed by atoms with Gasteiger partial charge in [-0.05, 0) is 59.0 Å². The van der Waals surface area contributed by atoms with Crippen molar-refractivity contribution in [3.63, 3.8) is 0 Å². The molecule has 0 aliphatic heterocycles. The predicted octanol–water partition coefficient (Wildman–Crippen LogP) is 2.79. The first-order valence-electron chi connectivity index (χ1n) is 5.49. The van der Waals surface area contributed by atoms with E-state index in [0.29, 0.717) is 11.1 Å². The van der Waals surface area contributed by atoms with E-state index in [9.17, 15) is 9.59 Å². The minimum absolute atomic E-state index is 0.380. The molecule has 19 heavy (non-hydrogen) atoms. The average molecular weight is 367 g/mol. The van der Waals surface area contributed by atoms with Gasteiger partial charge in [-0.15, -0.1) is 0 Å². The number of rotatable bonds is 2. The van der Waals surface area contributed by atoms with Crippen LogP contribution in [0.25, 0.3) is 0 Å². The Labute approximate surface area is 123 Å². The number of benzene rings is 2. The molecule has 0 heterocycles.